The first-order chi connectivity index (χ1) is 11.1. The van der Waals surface area contributed by atoms with Crippen LogP contribution in [0.15, 0.2) is 60.3 Å². The molecule has 2 N–H and O–H groups in total. The SMILES string of the molecule is Cc1ccc(Cl)cc1N/C=C(/C#N)C(=O)NCc1ccccc1. The molecule has 23 heavy (non-hydrogen) atoms. The quantitative estimate of drug-likeness (QED) is 0.649. The molecule has 0 aliphatic carbocycles. The highest BCUT2D eigenvalue weighted by atomic mass is 35.5. The molecule has 0 aliphatic rings. The number of hydrogen-bond acceptors (Lipinski definition) is 3. The number of amides is 1. The van der Waals surface area contributed by atoms with E-state index in [1.807, 2.05) is 49.4 Å². The van der Waals surface area contributed by atoms with Crippen molar-refractivity contribution in [2.45, 2.75) is 13.5 Å². The summed E-state index contributed by atoms with van der Waals surface area (Å²) in [6, 6.07) is 16.8. The second-order valence-corrected chi connectivity index (χ2v) is 5.38. The van der Waals surface area contributed by atoms with E-state index in [1.54, 1.807) is 12.1 Å². The van der Waals surface area contributed by atoms with E-state index in [9.17, 15) is 4.79 Å². The molecule has 0 saturated heterocycles. The molecule has 0 radical (unpaired) electrons. The van der Waals surface area contributed by atoms with Crippen molar-refractivity contribution in [3.63, 3.8) is 0 Å². The van der Waals surface area contributed by atoms with Gasteiger partial charge < -0.3 is 10.6 Å². The van der Waals surface area contributed by atoms with Gasteiger partial charge in [-0.15, -0.1) is 0 Å². The van der Waals surface area contributed by atoms with Crippen LogP contribution >= 0.6 is 11.6 Å². The molecule has 0 fully saturated rings. The van der Waals surface area contributed by atoms with E-state index >= 15 is 0 Å². The first-order valence-electron chi connectivity index (χ1n) is 7.05. The van der Waals surface area contributed by atoms with Gasteiger partial charge in [0.25, 0.3) is 5.91 Å². The zero-order valence-electron chi connectivity index (χ0n) is 12.6. The predicted molar refractivity (Wildman–Crippen MR) is 91.8 cm³/mol. The molecule has 5 heteroatoms. The van der Waals surface area contributed by atoms with Crippen molar-refractivity contribution in [1.82, 2.24) is 5.32 Å². The number of nitrogens with zero attached hydrogens (tertiary/aromatic N) is 1. The Hall–Kier alpha value is -2.77. The lowest BCUT2D eigenvalue weighted by atomic mass is 10.2. The number of rotatable bonds is 5. The van der Waals surface area contributed by atoms with Gasteiger partial charge in [-0.2, -0.15) is 5.26 Å². The predicted octanol–water partition coefficient (Wildman–Crippen LogP) is 3.78. The van der Waals surface area contributed by atoms with Crippen molar-refractivity contribution in [3.8, 4) is 6.07 Å². The molecule has 2 aromatic carbocycles. The Morgan fingerprint density at radius 3 is 2.70 bits per heavy atom. The van der Waals surface area contributed by atoms with Crippen LogP contribution in [-0.2, 0) is 11.3 Å². The molecular formula is C18H16ClN3O. The minimum Gasteiger partial charge on any atom is -0.360 e. The maximum absolute atomic E-state index is 12.1. The molecule has 0 bridgehead atoms. The zero-order chi connectivity index (χ0) is 16.7. The fourth-order valence-electron chi connectivity index (χ4n) is 1.92. The largest absolute Gasteiger partial charge is 0.360 e. The number of anilines is 1. The molecule has 0 aromatic heterocycles. The van der Waals surface area contributed by atoms with E-state index in [-0.39, 0.29) is 5.57 Å². The van der Waals surface area contributed by atoms with Gasteiger partial charge in [-0.25, -0.2) is 0 Å². The lowest BCUT2D eigenvalue weighted by Crippen LogP contribution is -2.24. The lowest BCUT2D eigenvalue weighted by molar-refractivity contribution is -0.117. The fraction of sp³-hybridized carbons (Fsp3) is 0.111. The summed E-state index contributed by atoms with van der Waals surface area (Å²) in [5.41, 5.74) is 2.69. The molecule has 0 aliphatic heterocycles. The number of nitrogens with one attached hydrogen (secondary N) is 2. The molecule has 2 rings (SSSR count). The summed E-state index contributed by atoms with van der Waals surface area (Å²) in [4.78, 5) is 12.1. The topological polar surface area (TPSA) is 64.9 Å². The summed E-state index contributed by atoms with van der Waals surface area (Å²) < 4.78 is 0. The van der Waals surface area contributed by atoms with Gasteiger partial charge in [-0.3, -0.25) is 4.79 Å². The number of benzene rings is 2. The van der Waals surface area contributed by atoms with Gasteiger partial charge in [0.15, 0.2) is 0 Å². The highest BCUT2D eigenvalue weighted by molar-refractivity contribution is 6.30. The van der Waals surface area contributed by atoms with Crippen molar-refractivity contribution >= 4 is 23.2 Å². The van der Waals surface area contributed by atoms with Gasteiger partial charge in [-0.1, -0.05) is 48.0 Å². The minimum absolute atomic E-state index is 0.000284. The summed E-state index contributed by atoms with van der Waals surface area (Å²) in [5.74, 6) is -0.427. The summed E-state index contributed by atoms with van der Waals surface area (Å²) in [6.07, 6.45) is 1.39. The summed E-state index contributed by atoms with van der Waals surface area (Å²) in [7, 11) is 0. The van der Waals surface area contributed by atoms with E-state index in [0.29, 0.717) is 11.6 Å². The van der Waals surface area contributed by atoms with Gasteiger partial charge in [0.2, 0.25) is 0 Å². The van der Waals surface area contributed by atoms with Crippen molar-refractivity contribution in [1.29, 1.82) is 5.26 Å². The van der Waals surface area contributed by atoms with Crippen LogP contribution in [0.2, 0.25) is 5.02 Å². The monoisotopic (exact) mass is 325 g/mol. The number of carbonyl (C=O) groups excluding carboxylic acids is 1. The van der Waals surface area contributed by atoms with Crippen molar-refractivity contribution < 1.29 is 4.79 Å². The maximum Gasteiger partial charge on any atom is 0.263 e. The van der Waals surface area contributed by atoms with Crippen LogP contribution in [0.5, 0.6) is 0 Å². The normalized spacial score (nSPS) is 10.7. The Morgan fingerprint density at radius 2 is 2.00 bits per heavy atom. The molecule has 116 valence electrons. The van der Waals surface area contributed by atoms with E-state index in [1.165, 1.54) is 6.20 Å². The molecule has 4 nitrogen and oxygen atoms in total. The van der Waals surface area contributed by atoms with E-state index in [4.69, 9.17) is 16.9 Å². The average molecular weight is 326 g/mol. The highest BCUT2D eigenvalue weighted by Gasteiger charge is 2.08. The lowest BCUT2D eigenvalue weighted by Gasteiger charge is -2.07. The van der Waals surface area contributed by atoms with Crippen LogP contribution in [0.4, 0.5) is 5.69 Å². The first kappa shape index (κ1) is 16.6. The second kappa shape index (κ2) is 8.02. The molecular weight excluding hydrogens is 310 g/mol. The number of carbonyl (C=O) groups is 1. The average Bonchev–Trinajstić information content (AvgIpc) is 2.57. The van der Waals surface area contributed by atoms with Crippen molar-refractivity contribution in [3.05, 3.63) is 76.5 Å². The summed E-state index contributed by atoms with van der Waals surface area (Å²) in [6.45, 7) is 2.28. The molecule has 1 amide bonds. The molecule has 0 atom stereocenters. The maximum atomic E-state index is 12.1. The number of nitriles is 1. The standard InChI is InChI=1S/C18H16ClN3O/c1-13-7-8-16(19)9-17(13)21-12-15(10-20)18(23)22-11-14-5-3-2-4-6-14/h2-9,12,21H,11H2,1H3,(H,22,23)/b15-12-. The summed E-state index contributed by atoms with van der Waals surface area (Å²) >= 11 is 5.94. The van der Waals surface area contributed by atoms with E-state index < -0.39 is 5.91 Å². The molecule has 0 unspecified atom stereocenters. The van der Waals surface area contributed by atoms with Crippen LogP contribution in [0.25, 0.3) is 0 Å². The van der Waals surface area contributed by atoms with Gasteiger partial charge in [0.05, 0.1) is 0 Å². The Morgan fingerprint density at radius 1 is 1.26 bits per heavy atom. The highest BCUT2D eigenvalue weighted by Crippen LogP contribution is 2.20. The second-order valence-electron chi connectivity index (χ2n) is 4.94. The third-order valence-electron chi connectivity index (χ3n) is 3.23. The van der Waals surface area contributed by atoms with Gasteiger partial charge in [0, 0.05) is 23.5 Å². The third kappa shape index (κ3) is 4.87. The smallest absolute Gasteiger partial charge is 0.263 e. The van der Waals surface area contributed by atoms with Crippen LogP contribution in [0, 0.1) is 18.3 Å². The molecule has 2 aromatic rings. The third-order valence-corrected chi connectivity index (χ3v) is 3.47. The van der Waals surface area contributed by atoms with E-state index in [0.717, 1.165) is 16.8 Å². The summed E-state index contributed by atoms with van der Waals surface area (Å²) in [5, 5.41) is 15.4. The van der Waals surface area contributed by atoms with Crippen LogP contribution in [0.3, 0.4) is 0 Å². The van der Waals surface area contributed by atoms with E-state index in [2.05, 4.69) is 10.6 Å². The number of halogens is 1. The van der Waals surface area contributed by atoms with Gasteiger partial charge in [0.1, 0.15) is 11.6 Å². The van der Waals surface area contributed by atoms with Crippen LogP contribution in [0.1, 0.15) is 11.1 Å². The molecule has 0 spiro atoms. The Kier molecular flexibility index (Phi) is 5.79. The van der Waals surface area contributed by atoms with Gasteiger partial charge in [-0.05, 0) is 30.2 Å². The Balaban J connectivity index is 2.02. The van der Waals surface area contributed by atoms with Crippen molar-refractivity contribution in [2.24, 2.45) is 0 Å². The van der Waals surface area contributed by atoms with Gasteiger partial charge >= 0.3 is 0 Å². The number of aryl methyl sites for hydroxylation is 1. The number of hydrogen-bond donors (Lipinski definition) is 2. The van der Waals surface area contributed by atoms with Crippen LogP contribution in [-0.4, -0.2) is 5.91 Å². The first-order valence-corrected chi connectivity index (χ1v) is 7.43. The minimum atomic E-state index is -0.427. The zero-order valence-corrected chi connectivity index (χ0v) is 13.4. The molecule has 0 saturated carbocycles. The fourth-order valence-corrected chi connectivity index (χ4v) is 2.09. The van der Waals surface area contributed by atoms with Crippen LogP contribution < -0.4 is 10.6 Å². The Labute approximate surface area is 140 Å². The van der Waals surface area contributed by atoms with Crippen molar-refractivity contribution in [2.75, 3.05) is 5.32 Å². The molecule has 0 heterocycles. The Bertz CT molecular complexity index is 764.